The van der Waals surface area contributed by atoms with E-state index in [2.05, 4.69) is 21.2 Å². The van der Waals surface area contributed by atoms with Gasteiger partial charge in [-0.25, -0.2) is 0 Å². The minimum absolute atomic E-state index is 0.366. The number of ether oxygens (including phenoxy) is 1. The van der Waals surface area contributed by atoms with E-state index in [9.17, 15) is 0 Å². The van der Waals surface area contributed by atoms with Crippen LogP contribution in [0.4, 0.5) is 0 Å². The van der Waals surface area contributed by atoms with Gasteiger partial charge in [-0.1, -0.05) is 27.5 Å². The van der Waals surface area contributed by atoms with Crippen LogP contribution in [0, 0.1) is 0 Å². The van der Waals surface area contributed by atoms with Gasteiger partial charge < -0.3 is 14.5 Å². The summed E-state index contributed by atoms with van der Waals surface area (Å²) in [4.78, 5) is 0. The van der Waals surface area contributed by atoms with Gasteiger partial charge in [-0.2, -0.15) is 0 Å². The van der Waals surface area contributed by atoms with Crippen molar-refractivity contribution in [2.45, 2.75) is 13.2 Å². The molecule has 2 rings (SSSR count). The Morgan fingerprint density at radius 3 is 2.94 bits per heavy atom. The number of hydrogen-bond donors (Lipinski definition) is 1. The molecule has 2 aromatic rings. The van der Waals surface area contributed by atoms with Gasteiger partial charge in [0.15, 0.2) is 0 Å². The van der Waals surface area contributed by atoms with E-state index in [-0.39, 0.29) is 0 Å². The van der Waals surface area contributed by atoms with Crippen LogP contribution in [-0.2, 0) is 13.2 Å². The van der Waals surface area contributed by atoms with E-state index in [1.807, 2.05) is 25.2 Å². The summed E-state index contributed by atoms with van der Waals surface area (Å²) in [6.45, 7) is 1.12. The molecule has 5 heteroatoms. The highest BCUT2D eigenvalue weighted by Crippen LogP contribution is 2.28. The summed E-state index contributed by atoms with van der Waals surface area (Å²) in [6.07, 6.45) is 1.66. The van der Waals surface area contributed by atoms with E-state index in [0.29, 0.717) is 17.4 Å². The molecule has 0 saturated carbocycles. The van der Waals surface area contributed by atoms with Crippen LogP contribution in [0.1, 0.15) is 11.3 Å². The van der Waals surface area contributed by atoms with Crippen LogP contribution in [0.25, 0.3) is 0 Å². The summed E-state index contributed by atoms with van der Waals surface area (Å²) in [7, 11) is 1.89. The highest BCUT2D eigenvalue weighted by Gasteiger charge is 2.08. The molecule has 1 heterocycles. The molecule has 0 radical (unpaired) electrons. The Kier molecular flexibility index (Phi) is 4.69. The highest BCUT2D eigenvalue weighted by atomic mass is 79.9. The van der Waals surface area contributed by atoms with Crippen molar-refractivity contribution in [3.05, 3.63) is 51.3 Å². The maximum Gasteiger partial charge on any atom is 0.146 e. The number of benzene rings is 1. The van der Waals surface area contributed by atoms with E-state index in [0.717, 1.165) is 22.3 Å². The zero-order valence-corrected chi connectivity index (χ0v) is 12.2. The van der Waals surface area contributed by atoms with Crippen molar-refractivity contribution in [3.8, 4) is 5.75 Å². The largest absolute Gasteiger partial charge is 0.484 e. The van der Waals surface area contributed by atoms with Crippen LogP contribution >= 0.6 is 27.5 Å². The maximum atomic E-state index is 6.07. The fraction of sp³-hybridized carbons (Fsp3) is 0.231. The minimum Gasteiger partial charge on any atom is -0.484 e. The lowest BCUT2D eigenvalue weighted by molar-refractivity contribution is 0.268. The van der Waals surface area contributed by atoms with Crippen molar-refractivity contribution < 1.29 is 9.15 Å². The lowest BCUT2D eigenvalue weighted by Crippen LogP contribution is -2.07. The van der Waals surface area contributed by atoms with Crippen LogP contribution in [0.2, 0.25) is 5.02 Å². The average molecular weight is 331 g/mol. The maximum absolute atomic E-state index is 6.07. The second-order valence-electron chi connectivity index (χ2n) is 3.76. The quantitative estimate of drug-likeness (QED) is 0.900. The Bertz CT molecular complexity index is 527. The third-order valence-corrected chi connectivity index (χ3v) is 3.25. The van der Waals surface area contributed by atoms with Gasteiger partial charge in [0.05, 0.1) is 11.3 Å². The van der Waals surface area contributed by atoms with Gasteiger partial charge in [-0.15, -0.1) is 0 Å². The van der Waals surface area contributed by atoms with Gasteiger partial charge in [0.25, 0.3) is 0 Å². The van der Waals surface area contributed by atoms with Gasteiger partial charge in [0.2, 0.25) is 0 Å². The summed E-state index contributed by atoms with van der Waals surface area (Å²) >= 11 is 9.42. The Labute approximate surface area is 119 Å². The van der Waals surface area contributed by atoms with Crippen molar-refractivity contribution in [1.29, 1.82) is 0 Å². The molecule has 0 aliphatic carbocycles. The molecule has 0 atom stereocenters. The number of furan rings is 1. The van der Waals surface area contributed by atoms with Crippen molar-refractivity contribution >= 4 is 27.5 Å². The molecule has 0 unspecified atom stereocenters. The number of halogens is 2. The number of rotatable bonds is 5. The van der Waals surface area contributed by atoms with Crippen molar-refractivity contribution in [1.82, 2.24) is 5.32 Å². The number of nitrogens with one attached hydrogen (secondary N) is 1. The second kappa shape index (κ2) is 6.27. The molecule has 0 aliphatic rings. The predicted octanol–water partition coefficient (Wildman–Crippen LogP) is 3.99. The van der Waals surface area contributed by atoms with Crippen LogP contribution in [0.15, 0.2) is 39.4 Å². The zero-order valence-electron chi connectivity index (χ0n) is 9.87. The van der Waals surface area contributed by atoms with Crippen LogP contribution in [-0.4, -0.2) is 7.05 Å². The first-order valence-electron chi connectivity index (χ1n) is 5.48. The lowest BCUT2D eigenvalue weighted by atomic mass is 10.2. The van der Waals surface area contributed by atoms with Crippen LogP contribution < -0.4 is 10.1 Å². The molecular weight excluding hydrogens is 318 g/mol. The smallest absolute Gasteiger partial charge is 0.146 e. The van der Waals surface area contributed by atoms with Gasteiger partial charge >= 0.3 is 0 Å². The summed E-state index contributed by atoms with van der Waals surface area (Å²) < 4.78 is 12.0. The molecule has 0 bridgehead atoms. The van der Waals surface area contributed by atoms with Crippen LogP contribution in [0.5, 0.6) is 5.75 Å². The molecule has 3 nitrogen and oxygen atoms in total. The average Bonchev–Trinajstić information content (AvgIpc) is 2.76. The monoisotopic (exact) mass is 329 g/mol. The van der Waals surface area contributed by atoms with E-state index in [4.69, 9.17) is 20.8 Å². The molecular formula is C13H13BrClNO2. The molecule has 96 valence electrons. The second-order valence-corrected chi connectivity index (χ2v) is 5.09. The normalized spacial score (nSPS) is 10.6. The third-order valence-electron chi connectivity index (χ3n) is 2.46. The molecule has 0 fully saturated rings. The fourth-order valence-electron chi connectivity index (χ4n) is 1.58. The summed E-state index contributed by atoms with van der Waals surface area (Å²) in [6, 6.07) is 7.44. The first-order valence-corrected chi connectivity index (χ1v) is 6.65. The fourth-order valence-corrected chi connectivity index (χ4v) is 2.31. The minimum atomic E-state index is 0.366. The summed E-state index contributed by atoms with van der Waals surface area (Å²) in [5.41, 5.74) is 1.09. The zero-order chi connectivity index (χ0) is 13.0. The molecule has 18 heavy (non-hydrogen) atoms. The molecule has 0 spiro atoms. The van der Waals surface area contributed by atoms with Crippen LogP contribution in [0.3, 0.4) is 0 Å². The van der Waals surface area contributed by atoms with Crippen molar-refractivity contribution in [2.24, 2.45) is 0 Å². The highest BCUT2D eigenvalue weighted by molar-refractivity contribution is 9.10. The summed E-state index contributed by atoms with van der Waals surface area (Å²) in [5, 5.41) is 3.65. The first kappa shape index (κ1) is 13.5. The van der Waals surface area contributed by atoms with E-state index >= 15 is 0 Å². The standard InChI is InChI=1S/C13H13BrClNO2/c1-16-7-9-4-5-17-13(9)8-18-12-3-2-10(14)6-11(12)15/h2-6,16H,7-8H2,1H3. The Morgan fingerprint density at radius 1 is 1.39 bits per heavy atom. The Hall–Kier alpha value is -0.970. The topological polar surface area (TPSA) is 34.4 Å². The molecule has 1 aromatic carbocycles. The predicted molar refractivity (Wildman–Crippen MR) is 75.0 cm³/mol. The SMILES string of the molecule is CNCc1ccoc1COc1ccc(Br)cc1Cl. The molecule has 0 amide bonds. The Morgan fingerprint density at radius 2 is 2.22 bits per heavy atom. The Balaban J connectivity index is 2.04. The number of hydrogen-bond acceptors (Lipinski definition) is 3. The van der Waals surface area contributed by atoms with Gasteiger partial charge in [0.1, 0.15) is 18.1 Å². The van der Waals surface area contributed by atoms with Gasteiger partial charge in [0, 0.05) is 16.6 Å². The van der Waals surface area contributed by atoms with Crippen molar-refractivity contribution in [3.63, 3.8) is 0 Å². The van der Waals surface area contributed by atoms with Gasteiger partial charge in [-0.05, 0) is 31.3 Å². The van der Waals surface area contributed by atoms with E-state index in [1.54, 1.807) is 12.3 Å². The van der Waals surface area contributed by atoms with E-state index < -0.39 is 0 Å². The molecule has 1 N–H and O–H groups in total. The lowest BCUT2D eigenvalue weighted by Gasteiger charge is -2.08. The third kappa shape index (κ3) is 3.28. The first-order chi connectivity index (χ1) is 8.70. The van der Waals surface area contributed by atoms with Crippen molar-refractivity contribution in [2.75, 3.05) is 7.05 Å². The van der Waals surface area contributed by atoms with Gasteiger partial charge in [-0.3, -0.25) is 0 Å². The molecule has 1 aromatic heterocycles. The van der Waals surface area contributed by atoms with E-state index in [1.165, 1.54) is 0 Å². The molecule has 0 saturated heterocycles. The molecule has 0 aliphatic heterocycles. The summed E-state index contributed by atoms with van der Waals surface area (Å²) in [5.74, 6) is 1.45.